The van der Waals surface area contributed by atoms with Crippen LogP contribution in [0, 0.1) is 5.82 Å². The molecule has 1 N–H and O–H groups in total. The smallest absolute Gasteiger partial charge is 0.236 e. The normalized spacial score (nSPS) is 23.2. The number of likely N-dealkylation sites (tertiary alicyclic amines) is 2. The molecule has 2 heterocycles. The number of piperidine rings is 2. The van der Waals surface area contributed by atoms with Gasteiger partial charge in [-0.05, 0) is 43.7 Å². The summed E-state index contributed by atoms with van der Waals surface area (Å²) >= 11 is 0. The van der Waals surface area contributed by atoms with E-state index in [9.17, 15) is 14.3 Å². The summed E-state index contributed by atoms with van der Waals surface area (Å²) in [6.45, 7) is 3.23. The van der Waals surface area contributed by atoms with E-state index in [4.69, 9.17) is 4.74 Å². The average Bonchev–Trinajstić information content (AvgIpc) is 2.57. The lowest BCUT2D eigenvalue weighted by molar-refractivity contribution is -0.134. The standard InChI is InChI=1S/C18H25FN2O3/c19-14-3-5-16(6-4-14)24-17-7-10-21(11-8-17)18(23)13-20-9-1-2-15(22)12-20/h3-6,15,17,22H,1-2,7-13H2. The fourth-order valence-corrected chi connectivity index (χ4v) is 3.39. The third kappa shape index (κ3) is 4.68. The highest BCUT2D eigenvalue weighted by molar-refractivity contribution is 5.78. The number of benzene rings is 1. The van der Waals surface area contributed by atoms with Gasteiger partial charge in [0, 0.05) is 32.5 Å². The molecule has 3 rings (SSSR count). The number of ether oxygens (including phenoxy) is 1. The zero-order chi connectivity index (χ0) is 16.9. The highest BCUT2D eigenvalue weighted by Gasteiger charge is 2.26. The molecule has 0 aromatic heterocycles. The molecule has 1 aromatic rings. The van der Waals surface area contributed by atoms with Crippen LogP contribution >= 0.6 is 0 Å². The number of hydrogen-bond donors (Lipinski definition) is 1. The van der Waals surface area contributed by atoms with Crippen LogP contribution in [0.25, 0.3) is 0 Å². The molecule has 132 valence electrons. The quantitative estimate of drug-likeness (QED) is 0.908. The number of amides is 1. The summed E-state index contributed by atoms with van der Waals surface area (Å²) < 4.78 is 18.8. The Kier molecular flexibility index (Phi) is 5.68. The Balaban J connectivity index is 1.42. The summed E-state index contributed by atoms with van der Waals surface area (Å²) in [6, 6.07) is 6.05. The molecule has 0 radical (unpaired) electrons. The molecule has 2 aliphatic rings. The second-order valence-electron chi connectivity index (χ2n) is 6.68. The largest absolute Gasteiger partial charge is 0.490 e. The number of carbonyl (C=O) groups is 1. The van der Waals surface area contributed by atoms with Crippen molar-refractivity contribution in [3.8, 4) is 5.75 Å². The predicted molar refractivity (Wildman–Crippen MR) is 88.3 cm³/mol. The summed E-state index contributed by atoms with van der Waals surface area (Å²) in [5.41, 5.74) is 0. The number of carbonyl (C=O) groups excluding carboxylic acids is 1. The number of aliphatic hydroxyl groups excluding tert-OH is 1. The molecule has 2 fully saturated rings. The lowest BCUT2D eigenvalue weighted by Gasteiger charge is -2.35. The molecule has 2 saturated heterocycles. The Morgan fingerprint density at radius 3 is 2.54 bits per heavy atom. The molecule has 1 atom stereocenters. The van der Waals surface area contributed by atoms with Crippen molar-refractivity contribution < 1.29 is 19.0 Å². The first-order valence-electron chi connectivity index (χ1n) is 8.70. The molecular weight excluding hydrogens is 311 g/mol. The molecule has 24 heavy (non-hydrogen) atoms. The molecule has 1 unspecified atom stereocenters. The van der Waals surface area contributed by atoms with E-state index in [1.165, 1.54) is 12.1 Å². The molecule has 0 saturated carbocycles. The van der Waals surface area contributed by atoms with E-state index in [2.05, 4.69) is 0 Å². The minimum absolute atomic E-state index is 0.0660. The molecular formula is C18H25FN2O3. The average molecular weight is 336 g/mol. The maximum atomic E-state index is 12.9. The van der Waals surface area contributed by atoms with Crippen molar-refractivity contribution in [2.75, 3.05) is 32.7 Å². The maximum absolute atomic E-state index is 12.9. The van der Waals surface area contributed by atoms with E-state index >= 15 is 0 Å². The second kappa shape index (κ2) is 7.94. The van der Waals surface area contributed by atoms with E-state index in [-0.39, 0.29) is 23.9 Å². The van der Waals surface area contributed by atoms with Gasteiger partial charge in [0.2, 0.25) is 5.91 Å². The van der Waals surface area contributed by atoms with Crippen LogP contribution in [-0.4, -0.2) is 65.7 Å². The lowest BCUT2D eigenvalue weighted by Crippen LogP contribution is -2.48. The summed E-state index contributed by atoms with van der Waals surface area (Å²) in [6.07, 6.45) is 3.11. The molecule has 0 bridgehead atoms. The number of nitrogens with zero attached hydrogens (tertiary/aromatic N) is 2. The molecule has 2 aliphatic heterocycles. The molecule has 1 aromatic carbocycles. The van der Waals surface area contributed by atoms with Crippen LogP contribution in [0.5, 0.6) is 5.75 Å². The van der Waals surface area contributed by atoms with E-state index in [1.54, 1.807) is 12.1 Å². The third-order valence-electron chi connectivity index (χ3n) is 4.75. The van der Waals surface area contributed by atoms with Gasteiger partial charge in [-0.15, -0.1) is 0 Å². The van der Waals surface area contributed by atoms with Gasteiger partial charge in [0.15, 0.2) is 0 Å². The minimum Gasteiger partial charge on any atom is -0.490 e. The number of hydrogen-bond acceptors (Lipinski definition) is 4. The fourth-order valence-electron chi connectivity index (χ4n) is 3.39. The highest BCUT2D eigenvalue weighted by Crippen LogP contribution is 2.20. The molecule has 0 aliphatic carbocycles. The molecule has 0 spiro atoms. The van der Waals surface area contributed by atoms with Crippen LogP contribution < -0.4 is 4.74 Å². The van der Waals surface area contributed by atoms with Crippen molar-refractivity contribution in [1.29, 1.82) is 0 Å². The minimum atomic E-state index is -0.304. The maximum Gasteiger partial charge on any atom is 0.236 e. The topological polar surface area (TPSA) is 53.0 Å². The van der Waals surface area contributed by atoms with Gasteiger partial charge in [0.1, 0.15) is 17.7 Å². The zero-order valence-electron chi connectivity index (χ0n) is 13.9. The van der Waals surface area contributed by atoms with Crippen LogP contribution in [0.3, 0.4) is 0 Å². The first kappa shape index (κ1) is 17.2. The highest BCUT2D eigenvalue weighted by atomic mass is 19.1. The Morgan fingerprint density at radius 2 is 1.88 bits per heavy atom. The zero-order valence-corrected chi connectivity index (χ0v) is 13.9. The van der Waals surface area contributed by atoms with Gasteiger partial charge in [-0.1, -0.05) is 0 Å². The van der Waals surface area contributed by atoms with Crippen LogP contribution in [-0.2, 0) is 4.79 Å². The lowest BCUT2D eigenvalue weighted by atomic mass is 10.1. The van der Waals surface area contributed by atoms with Crippen molar-refractivity contribution in [1.82, 2.24) is 9.80 Å². The van der Waals surface area contributed by atoms with Crippen LogP contribution in [0.1, 0.15) is 25.7 Å². The summed E-state index contributed by atoms with van der Waals surface area (Å²) in [4.78, 5) is 16.3. The first-order valence-corrected chi connectivity index (χ1v) is 8.70. The van der Waals surface area contributed by atoms with E-state index in [0.29, 0.717) is 31.9 Å². The molecule has 6 heteroatoms. The summed E-state index contributed by atoms with van der Waals surface area (Å²) in [5, 5.41) is 9.69. The predicted octanol–water partition coefficient (Wildman–Crippen LogP) is 1.65. The van der Waals surface area contributed by atoms with Gasteiger partial charge in [0.05, 0.1) is 12.6 Å². The fraction of sp³-hybridized carbons (Fsp3) is 0.611. The Morgan fingerprint density at radius 1 is 1.17 bits per heavy atom. The van der Waals surface area contributed by atoms with E-state index in [1.807, 2.05) is 9.80 Å². The second-order valence-corrected chi connectivity index (χ2v) is 6.68. The van der Waals surface area contributed by atoms with Gasteiger partial charge in [-0.3, -0.25) is 9.69 Å². The summed E-state index contributed by atoms with van der Waals surface area (Å²) in [5.74, 6) is 0.526. The van der Waals surface area contributed by atoms with Crippen molar-refractivity contribution >= 4 is 5.91 Å². The van der Waals surface area contributed by atoms with Gasteiger partial charge >= 0.3 is 0 Å². The Bertz CT molecular complexity index is 544. The van der Waals surface area contributed by atoms with Crippen molar-refractivity contribution in [2.24, 2.45) is 0 Å². The van der Waals surface area contributed by atoms with Crippen LogP contribution in [0.2, 0.25) is 0 Å². The number of β-amino-alcohol motifs (C(OH)–C–C–N with tert-alkyl or cyclic N) is 1. The van der Waals surface area contributed by atoms with Gasteiger partial charge in [-0.2, -0.15) is 0 Å². The van der Waals surface area contributed by atoms with Gasteiger partial charge in [0.25, 0.3) is 0 Å². The van der Waals surface area contributed by atoms with Crippen molar-refractivity contribution in [3.63, 3.8) is 0 Å². The number of aliphatic hydroxyl groups is 1. The monoisotopic (exact) mass is 336 g/mol. The van der Waals surface area contributed by atoms with E-state index in [0.717, 1.165) is 32.2 Å². The first-order chi connectivity index (χ1) is 11.6. The summed E-state index contributed by atoms with van der Waals surface area (Å²) in [7, 11) is 0. The SMILES string of the molecule is O=C(CN1CCCC(O)C1)N1CCC(Oc2ccc(F)cc2)CC1. The number of halogens is 1. The van der Waals surface area contributed by atoms with Gasteiger partial charge < -0.3 is 14.7 Å². The molecule has 5 nitrogen and oxygen atoms in total. The molecule has 1 amide bonds. The van der Waals surface area contributed by atoms with Crippen molar-refractivity contribution in [2.45, 2.75) is 37.9 Å². The third-order valence-corrected chi connectivity index (χ3v) is 4.75. The van der Waals surface area contributed by atoms with Gasteiger partial charge in [-0.25, -0.2) is 4.39 Å². The Hall–Kier alpha value is -1.66. The number of rotatable bonds is 4. The Labute approximate surface area is 142 Å². The van der Waals surface area contributed by atoms with Crippen LogP contribution in [0.15, 0.2) is 24.3 Å². The van der Waals surface area contributed by atoms with Crippen LogP contribution in [0.4, 0.5) is 4.39 Å². The van der Waals surface area contributed by atoms with E-state index < -0.39 is 0 Å². The van der Waals surface area contributed by atoms with Crippen molar-refractivity contribution in [3.05, 3.63) is 30.1 Å².